The van der Waals surface area contributed by atoms with E-state index in [9.17, 15) is 0 Å². The highest BCUT2D eigenvalue weighted by atomic mass is 127. The van der Waals surface area contributed by atoms with E-state index in [-0.39, 0.29) is 30.0 Å². The van der Waals surface area contributed by atoms with Crippen LogP contribution in [-0.2, 0) is 13.0 Å². The fraction of sp³-hybridized carbons (Fsp3) is 0.389. The Bertz CT molecular complexity index is 701. The maximum absolute atomic E-state index is 6.07. The fourth-order valence-corrected chi connectivity index (χ4v) is 4.17. The second-order valence-corrected chi connectivity index (χ2v) is 7.30. The van der Waals surface area contributed by atoms with Crippen molar-refractivity contribution in [1.29, 1.82) is 0 Å². The molecule has 1 unspecified atom stereocenters. The normalized spacial score (nSPS) is 15.9. The van der Waals surface area contributed by atoms with Gasteiger partial charge in [-0.05, 0) is 41.1 Å². The van der Waals surface area contributed by atoms with Crippen LogP contribution in [-0.4, -0.2) is 38.0 Å². The van der Waals surface area contributed by atoms with E-state index in [2.05, 4.69) is 44.1 Å². The zero-order valence-electron chi connectivity index (χ0n) is 14.5. The molecule has 0 saturated carbocycles. The van der Waals surface area contributed by atoms with Gasteiger partial charge in [-0.2, -0.15) is 0 Å². The van der Waals surface area contributed by atoms with Crippen molar-refractivity contribution in [2.24, 2.45) is 4.99 Å². The Morgan fingerprint density at radius 3 is 2.76 bits per heavy atom. The van der Waals surface area contributed by atoms with Gasteiger partial charge in [-0.3, -0.25) is 9.89 Å². The molecule has 0 fully saturated rings. The monoisotopic (exact) mass is 490 g/mol. The molecule has 0 spiro atoms. The van der Waals surface area contributed by atoms with E-state index in [0.717, 1.165) is 37.0 Å². The number of guanidine groups is 1. The predicted octanol–water partition coefficient (Wildman–Crippen LogP) is 3.91. The topological polar surface area (TPSA) is 39.7 Å². The van der Waals surface area contributed by atoms with Crippen molar-refractivity contribution < 1.29 is 0 Å². The van der Waals surface area contributed by atoms with E-state index >= 15 is 0 Å². The third kappa shape index (κ3) is 5.09. The van der Waals surface area contributed by atoms with Crippen LogP contribution in [0.1, 0.15) is 22.0 Å². The Morgan fingerprint density at radius 1 is 1.32 bits per heavy atom. The molecule has 0 amide bonds. The fourth-order valence-electron chi connectivity index (χ4n) is 3.15. The predicted molar refractivity (Wildman–Crippen MR) is 118 cm³/mol. The lowest BCUT2D eigenvalue weighted by Gasteiger charge is -2.35. The number of hydrogen-bond donors (Lipinski definition) is 2. The number of benzene rings is 1. The number of fused-ring (bicyclic) bond motifs is 1. The molecule has 1 aliphatic rings. The number of halogens is 2. The van der Waals surface area contributed by atoms with Crippen molar-refractivity contribution in [3.63, 3.8) is 0 Å². The van der Waals surface area contributed by atoms with Gasteiger partial charge in [0.05, 0.1) is 6.04 Å². The van der Waals surface area contributed by atoms with Gasteiger partial charge in [0, 0.05) is 43.6 Å². The molecule has 3 rings (SSSR count). The van der Waals surface area contributed by atoms with Crippen molar-refractivity contribution in [3.8, 4) is 0 Å². The molecular formula is C18H24ClIN4S. The Labute approximate surface area is 175 Å². The van der Waals surface area contributed by atoms with Gasteiger partial charge >= 0.3 is 0 Å². The van der Waals surface area contributed by atoms with E-state index in [1.54, 1.807) is 7.05 Å². The van der Waals surface area contributed by atoms with Gasteiger partial charge in [0.25, 0.3) is 0 Å². The van der Waals surface area contributed by atoms with Crippen molar-refractivity contribution in [2.75, 3.05) is 27.2 Å². The molecule has 25 heavy (non-hydrogen) atoms. The molecule has 2 N–H and O–H groups in total. The highest BCUT2D eigenvalue weighted by molar-refractivity contribution is 14.0. The zero-order valence-corrected chi connectivity index (χ0v) is 18.4. The van der Waals surface area contributed by atoms with Crippen LogP contribution in [0.5, 0.6) is 0 Å². The summed E-state index contributed by atoms with van der Waals surface area (Å²) < 4.78 is 0. The number of nitrogens with zero attached hydrogens (tertiary/aromatic N) is 2. The van der Waals surface area contributed by atoms with E-state index in [1.807, 2.05) is 30.5 Å². The number of aliphatic imine (C=N–C) groups is 1. The second kappa shape index (κ2) is 9.75. The summed E-state index contributed by atoms with van der Waals surface area (Å²) in [7, 11) is 3.67. The van der Waals surface area contributed by atoms with E-state index in [0.29, 0.717) is 0 Å². The summed E-state index contributed by atoms with van der Waals surface area (Å²) in [6.45, 7) is 2.86. The average Bonchev–Trinajstić information content (AvgIpc) is 3.08. The van der Waals surface area contributed by atoms with Gasteiger partial charge in [-0.25, -0.2) is 0 Å². The van der Waals surface area contributed by atoms with Crippen LogP contribution >= 0.6 is 46.9 Å². The van der Waals surface area contributed by atoms with Gasteiger partial charge in [0.15, 0.2) is 5.96 Å². The van der Waals surface area contributed by atoms with Gasteiger partial charge in [0.1, 0.15) is 0 Å². The first-order valence-corrected chi connectivity index (χ1v) is 9.40. The van der Waals surface area contributed by atoms with Crippen LogP contribution in [0.3, 0.4) is 0 Å². The SMILES string of the molecule is CN=C(NC)NCC(c1ccc(Cl)cc1)N1CCc2sccc2C1.I. The van der Waals surface area contributed by atoms with Crippen LogP contribution in [0.25, 0.3) is 0 Å². The lowest BCUT2D eigenvalue weighted by atomic mass is 10.0. The number of hydrogen-bond acceptors (Lipinski definition) is 3. The Morgan fingerprint density at radius 2 is 2.08 bits per heavy atom. The van der Waals surface area contributed by atoms with Crippen molar-refractivity contribution in [3.05, 3.63) is 56.7 Å². The van der Waals surface area contributed by atoms with E-state index in [1.165, 1.54) is 16.0 Å². The number of rotatable bonds is 4. The average molecular weight is 491 g/mol. The lowest BCUT2D eigenvalue weighted by Crippen LogP contribution is -2.43. The van der Waals surface area contributed by atoms with Crippen LogP contribution < -0.4 is 10.6 Å². The van der Waals surface area contributed by atoms with Crippen molar-refractivity contribution in [1.82, 2.24) is 15.5 Å². The smallest absolute Gasteiger partial charge is 0.190 e. The standard InChI is InChI=1S/C18H23ClN4S.HI/c1-20-18(21-2)22-11-16(13-3-5-15(19)6-4-13)23-9-7-17-14(12-23)8-10-24-17;/h3-6,8,10,16H,7,9,11-12H2,1-2H3,(H2,20,21,22);1H. The van der Waals surface area contributed by atoms with Gasteiger partial charge in [0.2, 0.25) is 0 Å². The van der Waals surface area contributed by atoms with Gasteiger partial charge < -0.3 is 10.6 Å². The second-order valence-electron chi connectivity index (χ2n) is 5.86. The molecule has 136 valence electrons. The first kappa shape index (κ1) is 20.5. The third-order valence-corrected chi connectivity index (χ3v) is 5.73. The molecule has 1 aromatic carbocycles. The van der Waals surface area contributed by atoms with Crippen molar-refractivity contribution >= 4 is 52.9 Å². The number of nitrogens with one attached hydrogen (secondary N) is 2. The van der Waals surface area contributed by atoms with Crippen LogP contribution in [0.4, 0.5) is 0 Å². The molecule has 0 bridgehead atoms. The summed E-state index contributed by atoms with van der Waals surface area (Å²) in [5, 5.41) is 9.47. The summed E-state index contributed by atoms with van der Waals surface area (Å²) in [4.78, 5) is 8.28. The largest absolute Gasteiger partial charge is 0.359 e. The van der Waals surface area contributed by atoms with E-state index < -0.39 is 0 Å². The minimum Gasteiger partial charge on any atom is -0.359 e. The minimum absolute atomic E-state index is 0. The minimum atomic E-state index is 0. The molecular weight excluding hydrogens is 467 g/mol. The Kier molecular flexibility index (Phi) is 7.99. The van der Waals surface area contributed by atoms with Crippen molar-refractivity contribution in [2.45, 2.75) is 19.0 Å². The van der Waals surface area contributed by atoms with E-state index in [4.69, 9.17) is 11.6 Å². The quantitative estimate of drug-likeness (QED) is 0.388. The van der Waals surface area contributed by atoms with Crippen LogP contribution in [0, 0.1) is 0 Å². The molecule has 2 heterocycles. The van der Waals surface area contributed by atoms with Gasteiger partial charge in [-0.15, -0.1) is 35.3 Å². The highest BCUT2D eigenvalue weighted by Crippen LogP contribution is 2.30. The van der Waals surface area contributed by atoms with Crippen LogP contribution in [0.15, 0.2) is 40.7 Å². The third-order valence-electron chi connectivity index (χ3n) is 4.46. The molecule has 2 aromatic rings. The first-order chi connectivity index (χ1) is 11.7. The number of thiophene rings is 1. The summed E-state index contributed by atoms with van der Waals surface area (Å²) in [5.41, 5.74) is 2.74. The van der Waals surface area contributed by atoms with Gasteiger partial charge in [-0.1, -0.05) is 23.7 Å². The first-order valence-electron chi connectivity index (χ1n) is 8.14. The maximum Gasteiger partial charge on any atom is 0.190 e. The molecule has 4 nitrogen and oxygen atoms in total. The Hall–Kier alpha value is -0.830. The molecule has 1 aliphatic heterocycles. The molecule has 1 aromatic heterocycles. The molecule has 0 saturated heterocycles. The summed E-state index contributed by atoms with van der Waals surface area (Å²) in [6, 6.07) is 10.7. The summed E-state index contributed by atoms with van der Waals surface area (Å²) >= 11 is 7.94. The molecule has 0 radical (unpaired) electrons. The summed E-state index contributed by atoms with van der Waals surface area (Å²) in [6.07, 6.45) is 1.12. The molecule has 1 atom stereocenters. The Balaban J connectivity index is 0.00000225. The van der Waals surface area contributed by atoms with Crippen LogP contribution in [0.2, 0.25) is 5.02 Å². The zero-order chi connectivity index (χ0) is 16.9. The highest BCUT2D eigenvalue weighted by Gasteiger charge is 2.25. The lowest BCUT2D eigenvalue weighted by molar-refractivity contribution is 0.181. The molecule has 0 aliphatic carbocycles. The maximum atomic E-state index is 6.07. The molecule has 7 heteroatoms. The summed E-state index contributed by atoms with van der Waals surface area (Å²) in [5.74, 6) is 0.808.